The molecule has 1 aliphatic rings. The van der Waals surface area contributed by atoms with Gasteiger partial charge in [0.05, 0.1) is 6.54 Å². The van der Waals surface area contributed by atoms with E-state index in [1.54, 1.807) is 0 Å². The maximum atomic E-state index is 4.39. The van der Waals surface area contributed by atoms with Crippen molar-refractivity contribution in [2.45, 2.75) is 19.9 Å². The smallest absolute Gasteiger partial charge is 0.0641 e. The summed E-state index contributed by atoms with van der Waals surface area (Å²) < 4.78 is 0. The lowest BCUT2D eigenvalue weighted by molar-refractivity contribution is 0.983. The van der Waals surface area contributed by atoms with Crippen LogP contribution in [0.2, 0.25) is 0 Å². The fourth-order valence-electron chi connectivity index (χ4n) is 1.44. The molecule has 1 nitrogen and oxygen atoms in total. The van der Waals surface area contributed by atoms with Gasteiger partial charge in [0.2, 0.25) is 0 Å². The zero-order valence-electron chi connectivity index (χ0n) is 6.67. The average molecular weight is 145 g/mol. The molecule has 0 unspecified atom stereocenters. The Balaban J connectivity index is 2.42. The molecule has 0 saturated heterocycles. The fraction of sp³-hybridized carbons (Fsp3) is 0.300. The van der Waals surface area contributed by atoms with E-state index < -0.39 is 0 Å². The lowest BCUT2D eigenvalue weighted by Crippen LogP contribution is -2.07. The first-order valence-corrected chi connectivity index (χ1v) is 3.93. The number of rotatable bonds is 0. The predicted molar refractivity (Wildman–Crippen MR) is 47.0 cm³/mol. The van der Waals surface area contributed by atoms with Gasteiger partial charge in [-0.25, -0.2) is 0 Å². The standard InChI is InChI=1S/C10H11N/c1-8-6-9-4-2-3-5-10(9)7-11-8/h2-5H,6-7H2,1H3. The van der Waals surface area contributed by atoms with Crippen LogP contribution in [0.4, 0.5) is 0 Å². The van der Waals surface area contributed by atoms with Crippen LogP contribution in [0, 0.1) is 0 Å². The molecule has 1 aromatic carbocycles. The van der Waals surface area contributed by atoms with E-state index >= 15 is 0 Å². The molecule has 0 radical (unpaired) electrons. The van der Waals surface area contributed by atoms with E-state index in [1.165, 1.54) is 16.8 Å². The maximum Gasteiger partial charge on any atom is 0.0641 e. The second-order valence-corrected chi connectivity index (χ2v) is 3.00. The molecule has 0 amide bonds. The predicted octanol–water partition coefficient (Wildman–Crippen LogP) is 2.20. The van der Waals surface area contributed by atoms with Crippen LogP contribution in [0.5, 0.6) is 0 Å². The maximum absolute atomic E-state index is 4.39. The largest absolute Gasteiger partial charge is 0.289 e. The van der Waals surface area contributed by atoms with Crippen LogP contribution in [-0.2, 0) is 13.0 Å². The summed E-state index contributed by atoms with van der Waals surface area (Å²) in [4.78, 5) is 4.39. The highest BCUT2D eigenvalue weighted by atomic mass is 14.7. The minimum atomic E-state index is 0.877. The van der Waals surface area contributed by atoms with Gasteiger partial charge in [0.25, 0.3) is 0 Å². The molecule has 56 valence electrons. The zero-order valence-corrected chi connectivity index (χ0v) is 6.67. The normalized spacial score (nSPS) is 15.5. The second-order valence-electron chi connectivity index (χ2n) is 3.00. The summed E-state index contributed by atoms with van der Waals surface area (Å²) in [5, 5.41) is 0. The monoisotopic (exact) mass is 145 g/mol. The Kier molecular flexibility index (Phi) is 1.50. The van der Waals surface area contributed by atoms with E-state index in [-0.39, 0.29) is 0 Å². The van der Waals surface area contributed by atoms with Crippen molar-refractivity contribution in [2.24, 2.45) is 4.99 Å². The van der Waals surface area contributed by atoms with Crippen LogP contribution in [0.3, 0.4) is 0 Å². The molecule has 0 spiro atoms. The number of hydrogen-bond acceptors (Lipinski definition) is 1. The third kappa shape index (κ3) is 1.18. The highest BCUT2D eigenvalue weighted by Crippen LogP contribution is 2.15. The van der Waals surface area contributed by atoms with Crippen molar-refractivity contribution in [3.63, 3.8) is 0 Å². The third-order valence-electron chi connectivity index (χ3n) is 2.08. The number of benzene rings is 1. The van der Waals surface area contributed by atoms with Gasteiger partial charge < -0.3 is 0 Å². The van der Waals surface area contributed by atoms with Gasteiger partial charge in [0.15, 0.2) is 0 Å². The van der Waals surface area contributed by atoms with Crippen molar-refractivity contribution < 1.29 is 0 Å². The molecule has 0 N–H and O–H groups in total. The van der Waals surface area contributed by atoms with Crippen molar-refractivity contribution in [1.82, 2.24) is 0 Å². The van der Waals surface area contributed by atoms with Gasteiger partial charge in [-0.1, -0.05) is 24.3 Å². The van der Waals surface area contributed by atoms with Gasteiger partial charge in [-0.15, -0.1) is 0 Å². The molecule has 0 atom stereocenters. The molecule has 0 bridgehead atoms. The Morgan fingerprint density at radius 3 is 2.73 bits per heavy atom. The first-order chi connectivity index (χ1) is 5.36. The molecule has 0 aliphatic carbocycles. The Morgan fingerprint density at radius 2 is 1.91 bits per heavy atom. The Labute approximate surface area is 66.8 Å². The Bertz CT molecular complexity index is 299. The molecule has 0 aromatic heterocycles. The third-order valence-corrected chi connectivity index (χ3v) is 2.08. The van der Waals surface area contributed by atoms with E-state index in [2.05, 4.69) is 36.2 Å². The SMILES string of the molecule is CC1=NCc2ccccc2C1. The van der Waals surface area contributed by atoms with Gasteiger partial charge >= 0.3 is 0 Å². The van der Waals surface area contributed by atoms with E-state index in [1.807, 2.05) is 0 Å². The summed E-state index contributed by atoms with van der Waals surface area (Å²) in [6.07, 6.45) is 1.04. The lowest BCUT2D eigenvalue weighted by atomic mass is 10.00. The molecule has 0 fully saturated rings. The van der Waals surface area contributed by atoms with Crippen molar-refractivity contribution in [2.75, 3.05) is 0 Å². The average Bonchev–Trinajstić information content (AvgIpc) is 2.04. The van der Waals surface area contributed by atoms with Crippen LogP contribution in [0.15, 0.2) is 29.3 Å². The first-order valence-electron chi connectivity index (χ1n) is 3.93. The Hall–Kier alpha value is -1.11. The number of nitrogens with zero attached hydrogens (tertiary/aromatic N) is 1. The summed E-state index contributed by atoms with van der Waals surface area (Å²) in [7, 11) is 0. The highest BCUT2D eigenvalue weighted by Gasteiger charge is 2.06. The Morgan fingerprint density at radius 1 is 1.18 bits per heavy atom. The number of hydrogen-bond donors (Lipinski definition) is 0. The van der Waals surface area contributed by atoms with Crippen molar-refractivity contribution in [3.05, 3.63) is 35.4 Å². The van der Waals surface area contributed by atoms with E-state index in [4.69, 9.17) is 0 Å². The van der Waals surface area contributed by atoms with Crippen LogP contribution in [0.25, 0.3) is 0 Å². The minimum absolute atomic E-state index is 0.877. The summed E-state index contributed by atoms with van der Waals surface area (Å²) in [5.41, 5.74) is 4.09. The highest BCUT2D eigenvalue weighted by molar-refractivity contribution is 5.85. The lowest BCUT2D eigenvalue weighted by Gasteiger charge is -2.12. The van der Waals surface area contributed by atoms with Crippen molar-refractivity contribution in [1.29, 1.82) is 0 Å². The van der Waals surface area contributed by atoms with Gasteiger partial charge in [-0.2, -0.15) is 0 Å². The van der Waals surface area contributed by atoms with Crippen molar-refractivity contribution in [3.8, 4) is 0 Å². The second kappa shape index (κ2) is 2.50. The molecular formula is C10H11N. The van der Waals surface area contributed by atoms with E-state index in [9.17, 15) is 0 Å². The molecule has 1 aliphatic heterocycles. The molecule has 1 heterocycles. The quantitative estimate of drug-likeness (QED) is 0.530. The van der Waals surface area contributed by atoms with Gasteiger partial charge in [-0.3, -0.25) is 4.99 Å². The minimum Gasteiger partial charge on any atom is -0.289 e. The molecular weight excluding hydrogens is 134 g/mol. The molecule has 11 heavy (non-hydrogen) atoms. The molecule has 1 aromatic rings. The van der Waals surface area contributed by atoms with Crippen molar-refractivity contribution >= 4 is 5.71 Å². The van der Waals surface area contributed by atoms with E-state index in [0.717, 1.165) is 13.0 Å². The van der Waals surface area contributed by atoms with Gasteiger partial charge in [0, 0.05) is 12.1 Å². The summed E-state index contributed by atoms with van der Waals surface area (Å²) >= 11 is 0. The van der Waals surface area contributed by atoms with E-state index in [0.29, 0.717) is 0 Å². The topological polar surface area (TPSA) is 12.4 Å². The van der Waals surface area contributed by atoms with Crippen LogP contribution >= 0.6 is 0 Å². The molecule has 0 saturated carbocycles. The molecule has 2 rings (SSSR count). The van der Waals surface area contributed by atoms with Crippen LogP contribution in [-0.4, -0.2) is 5.71 Å². The summed E-state index contributed by atoms with van der Waals surface area (Å²) in [6, 6.07) is 8.52. The molecule has 1 heteroatoms. The van der Waals surface area contributed by atoms with Gasteiger partial charge in [0.1, 0.15) is 0 Å². The van der Waals surface area contributed by atoms with Crippen LogP contribution in [0.1, 0.15) is 18.1 Å². The van der Waals surface area contributed by atoms with Gasteiger partial charge in [-0.05, 0) is 18.1 Å². The number of aliphatic imine (C=N–C) groups is 1. The summed E-state index contributed by atoms with van der Waals surface area (Å²) in [6.45, 7) is 2.97. The first kappa shape index (κ1) is 6.59. The summed E-state index contributed by atoms with van der Waals surface area (Å²) in [5.74, 6) is 0. The number of fused-ring (bicyclic) bond motifs is 1. The zero-order chi connectivity index (χ0) is 7.68. The van der Waals surface area contributed by atoms with Crippen LogP contribution < -0.4 is 0 Å². The fourth-order valence-corrected chi connectivity index (χ4v) is 1.44.